The van der Waals surface area contributed by atoms with Crippen LogP contribution >= 0.6 is 0 Å². The molecule has 23 heavy (non-hydrogen) atoms. The van der Waals surface area contributed by atoms with Crippen molar-refractivity contribution in [2.75, 3.05) is 66.6 Å². The van der Waals surface area contributed by atoms with Crippen LogP contribution in [0.5, 0.6) is 0 Å². The number of rotatable bonds is 14. The highest BCUT2D eigenvalue weighted by Gasteiger charge is 2.11. The Morgan fingerprint density at radius 3 is 1.48 bits per heavy atom. The lowest BCUT2D eigenvalue weighted by molar-refractivity contribution is -0.120. The Balaban J connectivity index is 4.25. The maximum Gasteiger partial charge on any atom is 0.221 e. The molecule has 0 unspecified atom stereocenters. The van der Waals surface area contributed by atoms with Crippen molar-refractivity contribution in [3.63, 3.8) is 0 Å². The standard InChI is InChI=1S/C15H32N4O4/c1-16-14(22)4-8-18(9-5-15(23)17-2)6-3-7-19(10-12-20)11-13-21/h20-21H,3-13H2,1-2H3,(H,16,22)(H,17,23). The molecule has 0 aliphatic rings. The summed E-state index contributed by atoms with van der Waals surface area (Å²) in [7, 11) is 3.22. The zero-order valence-corrected chi connectivity index (χ0v) is 14.4. The van der Waals surface area contributed by atoms with Crippen LogP contribution < -0.4 is 10.6 Å². The first kappa shape index (κ1) is 21.8. The highest BCUT2D eigenvalue weighted by atomic mass is 16.3. The van der Waals surface area contributed by atoms with Crippen molar-refractivity contribution in [2.45, 2.75) is 19.3 Å². The Morgan fingerprint density at radius 2 is 1.13 bits per heavy atom. The summed E-state index contributed by atoms with van der Waals surface area (Å²) in [6, 6.07) is 0. The van der Waals surface area contributed by atoms with Gasteiger partial charge in [-0.25, -0.2) is 0 Å². The second kappa shape index (κ2) is 14.4. The molecular weight excluding hydrogens is 300 g/mol. The molecule has 0 aromatic heterocycles. The van der Waals surface area contributed by atoms with E-state index in [9.17, 15) is 9.59 Å². The van der Waals surface area contributed by atoms with Crippen molar-refractivity contribution < 1.29 is 19.8 Å². The fourth-order valence-corrected chi connectivity index (χ4v) is 2.24. The highest BCUT2D eigenvalue weighted by Crippen LogP contribution is 1.99. The van der Waals surface area contributed by atoms with E-state index in [1.165, 1.54) is 0 Å². The summed E-state index contributed by atoms with van der Waals surface area (Å²) in [6.45, 7) is 3.95. The van der Waals surface area contributed by atoms with Crippen LogP contribution in [0.15, 0.2) is 0 Å². The topological polar surface area (TPSA) is 105 Å². The first-order valence-electron chi connectivity index (χ1n) is 8.15. The second-order valence-corrected chi connectivity index (χ2v) is 5.33. The first-order valence-corrected chi connectivity index (χ1v) is 8.15. The zero-order valence-electron chi connectivity index (χ0n) is 14.4. The molecule has 2 amide bonds. The number of aliphatic hydroxyl groups excluding tert-OH is 2. The van der Waals surface area contributed by atoms with Crippen LogP contribution in [0.25, 0.3) is 0 Å². The minimum absolute atomic E-state index is 0.0165. The van der Waals surface area contributed by atoms with E-state index in [1.54, 1.807) is 14.1 Å². The van der Waals surface area contributed by atoms with Gasteiger partial charge in [0.25, 0.3) is 0 Å². The summed E-state index contributed by atoms with van der Waals surface area (Å²) in [6.07, 6.45) is 1.66. The molecule has 136 valence electrons. The van der Waals surface area contributed by atoms with Gasteiger partial charge in [0, 0.05) is 53.1 Å². The number of hydrogen-bond acceptors (Lipinski definition) is 6. The number of amides is 2. The average molecular weight is 332 g/mol. The molecule has 0 aromatic carbocycles. The Morgan fingerprint density at radius 1 is 0.739 bits per heavy atom. The molecule has 8 heteroatoms. The molecule has 8 nitrogen and oxygen atoms in total. The molecule has 0 heterocycles. The summed E-state index contributed by atoms with van der Waals surface area (Å²) < 4.78 is 0. The van der Waals surface area contributed by atoms with E-state index in [2.05, 4.69) is 15.5 Å². The summed E-state index contributed by atoms with van der Waals surface area (Å²) in [4.78, 5) is 26.9. The number of carbonyl (C=O) groups is 2. The van der Waals surface area contributed by atoms with Gasteiger partial charge in [0.15, 0.2) is 0 Å². The van der Waals surface area contributed by atoms with Gasteiger partial charge in [0.1, 0.15) is 0 Å². The maximum atomic E-state index is 11.4. The van der Waals surface area contributed by atoms with Crippen molar-refractivity contribution in [1.82, 2.24) is 20.4 Å². The third-order valence-electron chi connectivity index (χ3n) is 3.65. The van der Waals surface area contributed by atoms with Crippen LogP contribution in [-0.2, 0) is 9.59 Å². The monoisotopic (exact) mass is 332 g/mol. The van der Waals surface area contributed by atoms with Gasteiger partial charge in [-0.1, -0.05) is 0 Å². The van der Waals surface area contributed by atoms with Gasteiger partial charge in [-0.15, -0.1) is 0 Å². The molecule has 0 aromatic rings. The summed E-state index contributed by atoms with van der Waals surface area (Å²) in [5, 5.41) is 23.2. The lowest BCUT2D eigenvalue weighted by Crippen LogP contribution is -2.36. The Hall–Kier alpha value is -1.22. The molecule has 0 spiro atoms. The molecule has 0 aliphatic heterocycles. The lowest BCUT2D eigenvalue weighted by Gasteiger charge is -2.24. The lowest BCUT2D eigenvalue weighted by atomic mass is 10.2. The van der Waals surface area contributed by atoms with E-state index in [0.717, 1.165) is 19.5 Å². The fraction of sp³-hybridized carbons (Fsp3) is 0.867. The third-order valence-corrected chi connectivity index (χ3v) is 3.65. The van der Waals surface area contributed by atoms with Crippen molar-refractivity contribution in [1.29, 1.82) is 0 Å². The van der Waals surface area contributed by atoms with Crippen LogP contribution in [-0.4, -0.2) is 98.4 Å². The largest absolute Gasteiger partial charge is 0.395 e. The Bertz CT molecular complexity index is 303. The molecule has 0 radical (unpaired) electrons. The zero-order chi connectivity index (χ0) is 17.5. The predicted octanol–water partition coefficient (Wildman–Crippen LogP) is -1.76. The molecule has 0 bridgehead atoms. The predicted molar refractivity (Wildman–Crippen MR) is 89.0 cm³/mol. The van der Waals surface area contributed by atoms with Crippen molar-refractivity contribution in [2.24, 2.45) is 0 Å². The van der Waals surface area contributed by atoms with Crippen LogP contribution in [0.1, 0.15) is 19.3 Å². The summed E-state index contributed by atoms with van der Waals surface area (Å²) in [5.41, 5.74) is 0. The van der Waals surface area contributed by atoms with Gasteiger partial charge in [0.05, 0.1) is 13.2 Å². The average Bonchev–Trinajstić information content (AvgIpc) is 2.56. The van der Waals surface area contributed by atoms with Gasteiger partial charge in [0.2, 0.25) is 11.8 Å². The number of nitrogens with one attached hydrogen (secondary N) is 2. The van der Waals surface area contributed by atoms with E-state index in [0.29, 0.717) is 39.0 Å². The smallest absolute Gasteiger partial charge is 0.221 e. The van der Waals surface area contributed by atoms with Gasteiger partial charge in [-0.2, -0.15) is 0 Å². The van der Waals surface area contributed by atoms with Gasteiger partial charge in [-0.3, -0.25) is 14.5 Å². The number of nitrogens with zero attached hydrogens (tertiary/aromatic N) is 2. The number of carbonyl (C=O) groups excluding carboxylic acids is 2. The number of hydrogen-bond donors (Lipinski definition) is 4. The quantitative estimate of drug-likeness (QED) is 0.300. The molecule has 0 saturated carbocycles. The van der Waals surface area contributed by atoms with Gasteiger partial charge in [-0.05, 0) is 19.5 Å². The van der Waals surface area contributed by atoms with Crippen LogP contribution in [0.4, 0.5) is 0 Å². The van der Waals surface area contributed by atoms with E-state index >= 15 is 0 Å². The minimum atomic E-state index is -0.0165. The molecule has 0 rings (SSSR count). The van der Waals surface area contributed by atoms with Crippen molar-refractivity contribution in [3.8, 4) is 0 Å². The Labute approximate surface area is 138 Å². The molecular formula is C15H32N4O4. The van der Waals surface area contributed by atoms with Crippen LogP contribution in [0, 0.1) is 0 Å². The van der Waals surface area contributed by atoms with Crippen LogP contribution in [0.2, 0.25) is 0 Å². The maximum absolute atomic E-state index is 11.4. The second-order valence-electron chi connectivity index (χ2n) is 5.33. The van der Waals surface area contributed by atoms with E-state index in [1.807, 2.05) is 4.90 Å². The summed E-state index contributed by atoms with van der Waals surface area (Å²) >= 11 is 0. The summed E-state index contributed by atoms with van der Waals surface area (Å²) in [5.74, 6) is -0.0331. The van der Waals surface area contributed by atoms with Crippen LogP contribution in [0.3, 0.4) is 0 Å². The molecule has 0 saturated heterocycles. The third kappa shape index (κ3) is 11.9. The molecule has 0 atom stereocenters. The van der Waals surface area contributed by atoms with Crippen molar-refractivity contribution >= 4 is 11.8 Å². The minimum Gasteiger partial charge on any atom is -0.395 e. The SMILES string of the molecule is CNC(=O)CCN(CCCN(CCO)CCO)CCC(=O)NC. The molecule has 0 aliphatic carbocycles. The van der Waals surface area contributed by atoms with Gasteiger partial charge >= 0.3 is 0 Å². The first-order chi connectivity index (χ1) is 11.1. The normalized spacial score (nSPS) is 11.0. The molecule has 4 N–H and O–H groups in total. The van der Waals surface area contributed by atoms with E-state index in [4.69, 9.17) is 10.2 Å². The molecule has 0 fully saturated rings. The fourth-order valence-electron chi connectivity index (χ4n) is 2.24. The van der Waals surface area contributed by atoms with E-state index < -0.39 is 0 Å². The highest BCUT2D eigenvalue weighted by molar-refractivity contribution is 5.76. The van der Waals surface area contributed by atoms with Crippen molar-refractivity contribution in [3.05, 3.63) is 0 Å². The van der Waals surface area contributed by atoms with E-state index in [-0.39, 0.29) is 25.0 Å². The van der Waals surface area contributed by atoms with Gasteiger partial charge < -0.3 is 25.7 Å². The number of aliphatic hydroxyl groups is 2. The Kier molecular flexibility index (Phi) is 13.6.